The summed E-state index contributed by atoms with van der Waals surface area (Å²) in [6, 6.07) is 0.446. The minimum Gasteiger partial charge on any atom is -0.339 e. The molecular formula is C11H20N4O. The third-order valence-electron chi connectivity index (χ3n) is 3.11. The van der Waals surface area contributed by atoms with E-state index in [0.717, 1.165) is 37.6 Å². The molecule has 0 saturated carbocycles. The zero-order valence-corrected chi connectivity index (χ0v) is 10.2. The molecule has 2 heterocycles. The Morgan fingerprint density at radius 3 is 2.94 bits per heavy atom. The van der Waals surface area contributed by atoms with Gasteiger partial charge in [-0.05, 0) is 34.0 Å². The first-order valence-electron chi connectivity index (χ1n) is 5.87. The van der Waals surface area contributed by atoms with Crippen molar-refractivity contribution in [3.05, 3.63) is 11.7 Å². The Kier molecular flexibility index (Phi) is 3.56. The number of aromatic nitrogens is 2. The highest BCUT2D eigenvalue weighted by atomic mass is 16.5. The average Bonchev–Trinajstić information content (AvgIpc) is 2.83. The van der Waals surface area contributed by atoms with Crippen molar-refractivity contribution < 1.29 is 4.52 Å². The molecule has 2 rings (SSSR count). The quantitative estimate of drug-likeness (QED) is 0.813. The summed E-state index contributed by atoms with van der Waals surface area (Å²) in [6.07, 6.45) is 1.95. The van der Waals surface area contributed by atoms with Crippen LogP contribution in [0.5, 0.6) is 0 Å². The summed E-state index contributed by atoms with van der Waals surface area (Å²) in [6.45, 7) is 4.17. The minimum atomic E-state index is 0.389. The van der Waals surface area contributed by atoms with Crippen LogP contribution in [0, 0.1) is 0 Å². The number of hydrogen-bond donors (Lipinski definition) is 1. The smallest absolute Gasteiger partial charge is 0.231 e. The first kappa shape index (κ1) is 11.5. The van der Waals surface area contributed by atoms with Gasteiger partial charge in [-0.3, -0.25) is 0 Å². The molecule has 0 spiro atoms. The van der Waals surface area contributed by atoms with E-state index in [-0.39, 0.29) is 0 Å². The molecule has 5 heteroatoms. The van der Waals surface area contributed by atoms with Crippen molar-refractivity contribution in [2.45, 2.75) is 31.7 Å². The summed E-state index contributed by atoms with van der Waals surface area (Å²) in [7, 11) is 4.09. The van der Waals surface area contributed by atoms with Gasteiger partial charge in [-0.1, -0.05) is 5.16 Å². The molecule has 0 bridgehead atoms. The molecule has 5 nitrogen and oxygen atoms in total. The average molecular weight is 224 g/mol. The second-order valence-electron chi connectivity index (χ2n) is 4.74. The maximum absolute atomic E-state index is 5.33. The molecule has 1 aromatic heterocycles. The number of nitrogens with one attached hydrogen (secondary N) is 1. The molecule has 2 atom stereocenters. The maximum atomic E-state index is 5.33. The van der Waals surface area contributed by atoms with Crippen LogP contribution in [0.2, 0.25) is 0 Å². The normalized spacial score (nSPS) is 25.5. The van der Waals surface area contributed by atoms with Crippen molar-refractivity contribution in [1.29, 1.82) is 0 Å². The topological polar surface area (TPSA) is 54.2 Å². The Balaban J connectivity index is 1.96. The van der Waals surface area contributed by atoms with Gasteiger partial charge in [0.05, 0.1) is 5.92 Å². The molecular weight excluding hydrogens is 204 g/mol. The standard InChI is InChI=1S/C11H20N4O/c1-8-9(4-6-12-8)11-13-10(14-16-11)5-7-15(2)3/h8-9,12H,4-7H2,1-3H3. The molecule has 1 aliphatic rings. The van der Waals surface area contributed by atoms with Crippen LogP contribution < -0.4 is 5.32 Å². The van der Waals surface area contributed by atoms with Crippen LogP contribution in [0.1, 0.15) is 31.0 Å². The molecule has 16 heavy (non-hydrogen) atoms. The van der Waals surface area contributed by atoms with E-state index in [9.17, 15) is 0 Å². The van der Waals surface area contributed by atoms with E-state index in [2.05, 4.69) is 27.3 Å². The van der Waals surface area contributed by atoms with Gasteiger partial charge in [0.25, 0.3) is 0 Å². The molecule has 1 saturated heterocycles. The van der Waals surface area contributed by atoms with Gasteiger partial charge >= 0.3 is 0 Å². The second-order valence-corrected chi connectivity index (χ2v) is 4.74. The van der Waals surface area contributed by atoms with Crippen molar-refractivity contribution in [2.24, 2.45) is 0 Å². The van der Waals surface area contributed by atoms with Crippen LogP contribution in [-0.4, -0.2) is 48.3 Å². The molecule has 0 amide bonds. The van der Waals surface area contributed by atoms with E-state index in [1.54, 1.807) is 0 Å². The Labute approximate surface area is 96.2 Å². The molecule has 1 fully saturated rings. The van der Waals surface area contributed by atoms with Crippen molar-refractivity contribution in [3.63, 3.8) is 0 Å². The van der Waals surface area contributed by atoms with Crippen LogP contribution in [0.3, 0.4) is 0 Å². The van der Waals surface area contributed by atoms with E-state index in [4.69, 9.17) is 4.52 Å². The molecule has 2 unspecified atom stereocenters. The van der Waals surface area contributed by atoms with E-state index in [1.165, 1.54) is 0 Å². The van der Waals surface area contributed by atoms with Gasteiger partial charge in [0.1, 0.15) is 0 Å². The monoisotopic (exact) mass is 224 g/mol. The van der Waals surface area contributed by atoms with Crippen molar-refractivity contribution in [3.8, 4) is 0 Å². The Hall–Kier alpha value is -0.940. The van der Waals surface area contributed by atoms with Gasteiger partial charge in [0, 0.05) is 19.0 Å². The van der Waals surface area contributed by atoms with Crippen LogP contribution in [0.15, 0.2) is 4.52 Å². The number of hydrogen-bond acceptors (Lipinski definition) is 5. The van der Waals surface area contributed by atoms with Gasteiger partial charge in [-0.2, -0.15) is 4.98 Å². The van der Waals surface area contributed by atoms with Crippen molar-refractivity contribution in [2.75, 3.05) is 27.2 Å². The number of likely N-dealkylation sites (N-methyl/N-ethyl adjacent to an activating group) is 1. The summed E-state index contributed by atoms with van der Waals surface area (Å²) in [5.74, 6) is 2.01. The zero-order valence-electron chi connectivity index (χ0n) is 10.2. The Morgan fingerprint density at radius 1 is 1.50 bits per heavy atom. The summed E-state index contributed by atoms with van der Waals surface area (Å²) in [4.78, 5) is 6.59. The predicted molar refractivity (Wildman–Crippen MR) is 61.4 cm³/mol. The SMILES string of the molecule is CC1NCCC1c1nc(CCN(C)C)no1. The molecule has 90 valence electrons. The van der Waals surface area contributed by atoms with Gasteiger partial charge in [0.15, 0.2) is 5.82 Å². The third kappa shape index (κ3) is 2.59. The maximum Gasteiger partial charge on any atom is 0.231 e. The summed E-state index contributed by atoms with van der Waals surface area (Å²) < 4.78 is 5.33. The molecule has 0 aliphatic carbocycles. The Morgan fingerprint density at radius 2 is 2.31 bits per heavy atom. The van der Waals surface area contributed by atoms with E-state index in [0.29, 0.717) is 12.0 Å². The van der Waals surface area contributed by atoms with E-state index >= 15 is 0 Å². The summed E-state index contributed by atoms with van der Waals surface area (Å²) in [5, 5.41) is 7.42. The van der Waals surface area contributed by atoms with Crippen molar-refractivity contribution >= 4 is 0 Å². The summed E-state index contributed by atoms with van der Waals surface area (Å²) in [5.41, 5.74) is 0. The molecule has 0 aromatic carbocycles. The molecule has 0 radical (unpaired) electrons. The fourth-order valence-corrected chi connectivity index (χ4v) is 2.04. The fourth-order valence-electron chi connectivity index (χ4n) is 2.04. The second kappa shape index (κ2) is 4.93. The van der Waals surface area contributed by atoms with Crippen LogP contribution in [-0.2, 0) is 6.42 Å². The summed E-state index contributed by atoms with van der Waals surface area (Å²) >= 11 is 0. The lowest BCUT2D eigenvalue weighted by Gasteiger charge is -2.09. The highest BCUT2D eigenvalue weighted by Crippen LogP contribution is 2.25. The lowest BCUT2D eigenvalue weighted by molar-refractivity contribution is 0.339. The van der Waals surface area contributed by atoms with Crippen LogP contribution in [0.25, 0.3) is 0 Å². The van der Waals surface area contributed by atoms with Crippen LogP contribution in [0.4, 0.5) is 0 Å². The van der Waals surface area contributed by atoms with Gasteiger partial charge < -0.3 is 14.7 Å². The first-order valence-corrected chi connectivity index (χ1v) is 5.87. The first-order chi connectivity index (χ1) is 7.66. The van der Waals surface area contributed by atoms with E-state index < -0.39 is 0 Å². The third-order valence-corrected chi connectivity index (χ3v) is 3.11. The minimum absolute atomic E-state index is 0.389. The highest BCUT2D eigenvalue weighted by Gasteiger charge is 2.29. The van der Waals surface area contributed by atoms with Crippen molar-refractivity contribution in [1.82, 2.24) is 20.4 Å². The molecule has 1 N–H and O–H groups in total. The van der Waals surface area contributed by atoms with E-state index in [1.807, 2.05) is 14.1 Å². The number of rotatable bonds is 4. The fraction of sp³-hybridized carbons (Fsp3) is 0.818. The Bertz CT molecular complexity index is 336. The number of nitrogens with zero attached hydrogens (tertiary/aromatic N) is 3. The van der Waals surface area contributed by atoms with Crippen LogP contribution >= 0.6 is 0 Å². The van der Waals surface area contributed by atoms with Gasteiger partial charge in [0.2, 0.25) is 5.89 Å². The highest BCUT2D eigenvalue weighted by molar-refractivity contribution is 5.02. The molecule has 1 aromatic rings. The molecule has 1 aliphatic heterocycles. The predicted octanol–water partition coefficient (Wildman–Crippen LogP) is 0.639. The van der Waals surface area contributed by atoms with Gasteiger partial charge in [-0.15, -0.1) is 0 Å². The lowest BCUT2D eigenvalue weighted by atomic mass is 10.0. The van der Waals surface area contributed by atoms with Gasteiger partial charge in [-0.25, -0.2) is 0 Å². The largest absolute Gasteiger partial charge is 0.339 e. The lowest BCUT2D eigenvalue weighted by Crippen LogP contribution is -2.21. The zero-order chi connectivity index (χ0) is 11.5.